The standard InChI is InChI=1S/C27H31Cl2N3O3S/c1-19(33)31-16-14-30(15-17-31)11-3-4-20-7-8-24(26(29)25(20)28)36-23-6-2-5-22(18-23)32-12-9-21(10-13-32)27(34)35/h2-8,18,21H,9-17H2,1H3,(H,34,35)/b4-3+. The van der Waals surface area contributed by atoms with Gasteiger partial charge in [-0.2, -0.15) is 0 Å². The number of hydrogen-bond donors (Lipinski definition) is 1. The first kappa shape index (κ1) is 26.9. The molecule has 2 aliphatic rings. The lowest BCUT2D eigenvalue weighted by atomic mass is 9.97. The second-order valence-corrected chi connectivity index (χ2v) is 11.1. The molecule has 0 unspecified atom stereocenters. The molecular weight excluding hydrogens is 517 g/mol. The Morgan fingerprint density at radius 2 is 1.75 bits per heavy atom. The van der Waals surface area contributed by atoms with Gasteiger partial charge < -0.3 is 14.9 Å². The minimum atomic E-state index is -0.698. The van der Waals surface area contributed by atoms with Crippen molar-refractivity contribution in [2.24, 2.45) is 5.92 Å². The van der Waals surface area contributed by atoms with Crippen LogP contribution in [0.5, 0.6) is 0 Å². The number of carbonyl (C=O) groups excluding carboxylic acids is 1. The van der Waals surface area contributed by atoms with Gasteiger partial charge in [-0.3, -0.25) is 14.5 Å². The number of nitrogens with zero attached hydrogens (tertiary/aromatic N) is 3. The summed E-state index contributed by atoms with van der Waals surface area (Å²) in [5.74, 6) is -0.808. The van der Waals surface area contributed by atoms with Crippen molar-refractivity contribution < 1.29 is 14.7 Å². The first-order valence-electron chi connectivity index (χ1n) is 12.2. The Balaban J connectivity index is 1.36. The summed E-state index contributed by atoms with van der Waals surface area (Å²) in [4.78, 5) is 31.1. The summed E-state index contributed by atoms with van der Waals surface area (Å²) in [7, 11) is 0. The molecule has 0 saturated carbocycles. The topological polar surface area (TPSA) is 64.1 Å². The normalized spacial score (nSPS) is 17.6. The molecule has 2 aliphatic heterocycles. The second-order valence-electron chi connectivity index (χ2n) is 9.19. The summed E-state index contributed by atoms with van der Waals surface area (Å²) in [6, 6.07) is 12.2. The maximum absolute atomic E-state index is 11.5. The Hall–Kier alpha value is -2.19. The van der Waals surface area contributed by atoms with E-state index in [9.17, 15) is 14.7 Å². The highest BCUT2D eigenvalue weighted by atomic mass is 35.5. The van der Waals surface area contributed by atoms with Crippen LogP contribution in [0.1, 0.15) is 25.3 Å². The molecule has 9 heteroatoms. The van der Waals surface area contributed by atoms with E-state index < -0.39 is 5.97 Å². The van der Waals surface area contributed by atoms with E-state index in [0.29, 0.717) is 22.9 Å². The van der Waals surface area contributed by atoms with Crippen LogP contribution in [-0.4, -0.2) is 72.6 Å². The van der Waals surface area contributed by atoms with Gasteiger partial charge in [-0.05, 0) is 42.7 Å². The number of piperazine rings is 1. The molecule has 2 aromatic carbocycles. The van der Waals surface area contributed by atoms with Crippen molar-refractivity contribution >= 4 is 58.6 Å². The number of carboxylic acid groups (broad SMARTS) is 1. The largest absolute Gasteiger partial charge is 0.481 e. The van der Waals surface area contributed by atoms with Gasteiger partial charge in [-0.25, -0.2) is 0 Å². The second kappa shape index (κ2) is 12.4. The highest BCUT2D eigenvalue weighted by molar-refractivity contribution is 7.99. The summed E-state index contributed by atoms with van der Waals surface area (Å²) >= 11 is 14.8. The maximum atomic E-state index is 11.5. The fourth-order valence-corrected chi connectivity index (χ4v) is 6.06. The predicted molar refractivity (Wildman–Crippen MR) is 147 cm³/mol. The summed E-state index contributed by atoms with van der Waals surface area (Å²) in [6.07, 6.45) is 5.42. The Morgan fingerprint density at radius 1 is 1.03 bits per heavy atom. The van der Waals surface area contributed by atoms with Crippen molar-refractivity contribution in [3.05, 3.63) is 58.1 Å². The molecule has 0 atom stereocenters. The lowest BCUT2D eigenvalue weighted by molar-refractivity contribution is -0.142. The molecule has 0 spiro atoms. The van der Waals surface area contributed by atoms with Crippen LogP contribution in [-0.2, 0) is 9.59 Å². The average molecular weight is 549 g/mol. The summed E-state index contributed by atoms with van der Waals surface area (Å²) in [5.41, 5.74) is 1.97. The van der Waals surface area contributed by atoms with Crippen LogP contribution < -0.4 is 4.90 Å². The highest BCUT2D eigenvalue weighted by Crippen LogP contribution is 2.40. The maximum Gasteiger partial charge on any atom is 0.306 e. The van der Waals surface area contributed by atoms with E-state index in [2.05, 4.69) is 28.0 Å². The van der Waals surface area contributed by atoms with Crippen LogP contribution in [0.25, 0.3) is 6.08 Å². The molecule has 4 rings (SSSR count). The first-order chi connectivity index (χ1) is 17.3. The monoisotopic (exact) mass is 547 g/mol. The first-order valence-corrected chi connectivity index (χ1v) is 13.8. The van der Waals surface area contributed by atoms with Crippen molar-refractivity contribution in [2.45, 2.75) is 29.6 Å². The van der Waals surface area contributed by atoms with Gasteiger partial charge in [0.15, 0.2) is 0 Å². The minimum absolute atomic E-state index is 0.136. The van der Waals surface area contributed by atoms with E-state index in [4.69, 9.17) is 23.2 Å². The van der Waals surface area contributed by atoms with Gasteiger partial charge in [-0.1, -0.05) is 59.2 Å². The molecule has 1 N–H and O–H groups in total. The number of aliphatic carboxylic acids is 1. The SMILES string of the molecule is CC(=O)N1CCN(C/C=C/c2ccc(Sc3cccc(N4CCC(C(=O)O)CC4)c3)c(Cl)c2Cl)CC1. The van der Waals surface area contributed by atoms with Crippen molar-refractivity contribution in [3.8, 4) is 0 Å². The van der Waals surface area contributed by atoms with Crippen LogP contribution in [0.2, 0.25) is 10.0 Å². The number of hydrogen-bond acceptors (Lipinski definition) is 5. The third kappa shape index (κ3) is 6.76. The fraction of sp³-hybridized carbons (Fsp3) is 0.407. The van der Waals surface area contributed by atoms with Crippen LogP contribution in [0.3, 0.4) is 0 Å². The van der Waals surface area contributed by atoms with E-state index >= 15 is 0 Å². The zero-order valence-electron chi connectivity index (χ0n) is 20.3. The minimum Gasteiger partial charge on any atom is -0.481 e. The lowest BCUT2D eigenvalue weighted by Crippen LogP contribution is -2.47. The van der Waals surface area contributed by atoms with Crippen LogP contribution in [0.15, 0.2) is 52.3 Å². The molecule has 0 bridgehead atoms. The zero-order valence-corrected chi connectivity index (χ0v) is 22.7. The molecular formula is C27H31Cl2N3O3S. The fourth-order valence-electron chi connectivity index (χ4n) is 4.58. The Labute approximate surface area is 226 Å². The van der Waals surface area contributed by atoms with Gasteiger partial charge in [0.1, 0.15) is 0 Å². The number of carbonyl (C=O) groups is 2. The van der Waals surface area contributed by atoms with E-state index in [1.165, 1.54) is 0 Å². The number of amides is 1. The molecule has 0 radical (unpaired) electrons. The summed E-state index contributed by atoms with van der Waals surface area (Å²) in [5, 5.41) is 10.3. The smallest absolute Gasteiger partial charge is 0.306 e. The molecule has 0 aromatic heterocycles. The van der Waals surface area contributed by atoms with Gasteiger partial charge in [0.2, 0.25) is 5.91 Å². The molecule has 1 amide bonds. The van der Waals surface area contributed by atoms with Crippen molar-refractivity contribution in [3.63, 3.8) is 0 Å². The molecule has 2 heterocycles. The number of anilines is 1. The highest BCUT2D eigenvalue weighted by Gasteiger charge is 2.24. The zero-order chi connectivity index (χ0) is 25.7. The van der Waals surface area contributed by atoms with E-state index in [-0.39, 0.29) is 11.8 Å². The molecule has 192 valence electrons. The molecule has 36 heavy (non-hydrogen) atoms. The van der Waals surface area contributed by atoms with E-state index in [0.717, 1.165) is 66.9 Å². The third-order valence-corrected chi connectivity index (χ3v) is 8.87. The van der Waals surface area contributed by atoms with Crippen molar-refractivity contribution in [1.29, 1.82) is 0 Å². The number of carboxylic acids is 1. The third-order valence-electron chi connectivity index (χ3n) is 6.81. The van der Waals surface area contributed by atoms with Gasteiger partial charge in [-0.15, -0.1) is 0 Å². The van der Waals surface area contributed by atoms with E-state index in [1.807, 2.05) is 35.2 Å². The molecule has 2 fully saturated rings. The Kier molecular flexibility index (Phi) is 9.23. The quantitative estimate of drug-likeness (QED) is 0.485. The van der Waals surface area contributed by atoms with Crippen LogP contribution in [0.4, 0.5) is 5.69 Å². The predicted octanol–water partition coefficient (Wildman–Crippen LogP) is 5.62. The number of benzene rings is 2. The Morgan fingerprint density at radius 3 is 2.42 bits per heavy atom. The Bertz CT molecular complexity index is 1130. The van der Waals surface area contributed by atoms with Crippen molar-refractivity contribution in [1.82, 2.24) is 9.80 Å². The molecule has 2 aromatic rings. The van der Waals surface area contributed by atoms with Crippen LogP contribution >= 0.6 is 35.0 Å². The van der Waals surface area contributed by atoms with E-state index in [1.54, 1.807) is 18.7 Å². The van der Waals surface area contributed by atoms with Gasteiger partial charge >= 0.3 is 5.97 Å². The summed E-state index contributed by atoms with van der Waals surface area (Å²) in [6.45, 7) is 7.16. The average Bonchev–Trinajstić information content (AvgIpc) is 2.88. The lowest BCUT2D eigenvalue weighted by Gasteiger charge is -2.33. The van der Waals surface area contributed by atoms with Gasteiger partial charge in [0.25, 0.3) is 0 Å². The molecule has 0 aliphatic carbocycles. The number of piperidine rings is 1. The molecule has 6 nitrogen and oxygen atoms in total. The van der Waals surface area contributed by atoms with Crippen LogP contribution in [0, 0.1) is 5.92 Å². The van der Waals surface area contributed by atoms with Crippen molar-refractivity contribution in [2.75, 3.05) is 50.7 Å². The number of halogens is 2. The molecule has 2 saturated heterocycles. The van der Waals surface area contributed by atoms with Gasteiger partial charge in [0.05, 0.1) is 16.0 Å². The number of rotatable bonds is 7. The summed E-state index contributed by atoms with van der Waals surface area (Å²) < 4.78 is 0. The van der Waals surface area contributed by atoms with Gasteiger partial charge in [0, 0.05) is 68.2 Å².